The number of nitriles is 1. The molecular weight excluding hydrogens is 308 g/mol. The normalized spacial score (nSPS) is 13.9. The van der Waals surface area contributed by atoms with Crippen molar-refractivity contribution < 1.29 is 4.79 Å². The largest absolute Gasteiger partial charge is 0.368 e. The van der Waals surface area contributed by atoms with Crippen LogP contribution in [-0.4, -0.2) is 26.4 Å². The first-order valence-corrected chi connectivity index (χ1v) is 8.16. The van der Waals surface area contributed by atoms with Crippen LogP contribution in [0, 0.1) is 11.3 Å². The molecule has 108 valence electrons. The van der Waals surface area contributed by atoms with Crippen LogP contribution < -0.4 is 11.1 Å². The van der Waals surface area contributed by atoms with Crippen LogP contribution in [-0.2, 0) is 4.79 Å². The quantitative estimate of drug-likeness (QED) is 0.814. The molecule has 2 aromatic rings. The van der Waals surface area contributed by atoms with Crippen molar-refractivity contribution >= 4 is 40.0 Å². The summed E-state index contributed by atoms with van der Waals surface area (Å²) in [5, 5.41) is 22.5. The summed E-state index contributed by atoms with van der Waals surface area (Å²) in [7, 11) is 0. The third-order valence-electron chi connectivity index (χ3n) is 2.97. The number of amides is 1. The monoisotopic (exact) mass is 320 g/mol. The minimum absolute atomic E-state index is 0.178. The topological polar surface area (TPSA) is 110 Å². The molecule has 3 N–H and O–H groups in total. The van der Waals surface area contributed by atoms with Gasteiger partial charge < -0.3 is 11.1 Å². The Bertz CT molecular complexity index is 712. The molecule has 9 heteroatoms. The summed E-state index contributed by atoms with van der Waals surface area (Å²) < 4.78 is 1.88. The van der Waals surface area contributed by atoms with E-state index in [0.29, 0.717) is 27.7 Å². The van der Waals surface area contributed by atoms with Gasteiger partial charge in [-0.3, -0.25) is 9.36 Å². The number of nitrogen functional groups attached to an aromatic ring is 1. The van der Waals surface area contributed by atoms with E-state index in [1.165, 1.54) is 23.1 Å². The lowest BCUT2D eigenvalue weighted by Gasteiger charge is -2.06. The Hall–Kier alpha value is -2.05. The molecule has 21 heavy (non-hydrogen) atoms. The smallest absolute Gasteiger partial charge is 0.235 e. The lowest BCUT2D eigenvalue weighted by Crippen LogP contribution is -2.14. The number of rotatable bonds is 5. The average molecular weight is 320 g/mol. The van der Waals surface area contributed by atoms with Crippen molar-refractivity contribution in [3.8, 4) is 6.07 Å². The number of aromatic nitrogens is 3. The second-order valence-electron chi connectivity index (χ2n) is 4.55. The van der Waals surface area contributed by atoms with Crippen LogP contribution in [0.1, 0.15) is 24.4 Å². The number of hydrogen-bond donors (Lipinski definition) is 2. The Labute approximate surface area is 129 Å². The first kappa shape index (κ1) is 13.9. The van der Waals surface area contributed by atoms with Gasteiger partial charge in [-0.15, -0.1) is 21.5 Å². The summed E-state index contributed by atoms with van der Waals surface area (Å²) >= 11 is 2.63. The van der Waals surface area contributed by atoms with Gasteiger partial charge in [-0.1, -0.05) is 11.8 Å². The van der Waals surface area contributed by atoms with E-state index in [4.69, 9.17) is 11.0 Å². The van der Waals surface area contributed by atoms with Crippen molar-refractivity contribution in [2.75, 3.05) is 16.8 Å². The van der Waals surface area contributed by atoms with Gasteiger partial charge in [0.2, 0.25) is 11.9 Å². The highest BCUT2D eigenvalue weighted by atomic mass is 32.2. The van der Waals surface area contributed by atoms with E-state index in [2.05, 4.69) is 15.5 Å². The van der Waals surface area contributed by atoms with Crippen LogP contribution >= 0.6 is 23.1 Å². The zero-order valence-corrected chi connectivity index (χ0v) is 12.6. The van der Waals surface area contributed by atoms with Crippen LogP contribution in [0.3, 0.4) is 0 Å². The standard InChI is InChI=1S/C12H12N6OS2/c13-5-7-3-4-20-10(7)15-9(19)6-21-12-17-16-11(14)18(12)8-1-2-8/h3-4,8H,1-2,6H2,(H2,14,16)(H,15,19). The van der Waals surface area contributed by atoms with E-state index in [-0.39, 0.29) is 11.7 Å². The summed E-state index contributed by atoms with van der Waals surface area (Å²) in [5.41, 5.74) is 6.25. The van der Waals surface area contributed by atoms with Crippen LogP contribution in [0.4, 0.5) is 10.9 Å². The molecule has 3 rings (SSSR count). The summed E-state index contributed by atoms with van der Waals surface area (Å²) in [6.45, 7) is 0. The van der Waals surface area contributed by atoms with E-state index in [0.717, 1.165) is 12.8 Å². The molecule has 0 aliphatic heterocycles. The highest BCUT2D eigenvalue weighted by Crippen LogP contribution is 2.39. The van der Waals surface area contributed by atoms with E-state index < -0.39 is 0 Å². The highest BCUT2D eigenvalue weighted by Gasteiger charge is 2.29. The Morgan fingerprint density at radius 2 is 2.43 bits per heavy atom. The maximum Gasteiger partial charge on any atom is 0.235 e. The molecule has 0 saturated heterocycles. The van der Waals surface area contributed by atoms with Crippen LogP contribution in [0.2, 0.25) is 0 Å². The molecule has 1 aliphatic carbocycles. The first-order chi connectivity index (χ1) is 10.2. The van der Waals surface area contributed by atoms with E-state index in [9.17, 15) is 4.79 Å². The summed E-state index contributed by atoms with van der Waals surface area (Å²) in [4.78, 5) is 11.9. The van der Waals surface area contributed by atoms with Gasteiger partial charge in [-0.2, -0.15) is 5.26 Å². The van der Waals surface area contributed by atoms with Gasteiger partial charge in [0.25, 0.3) is 0 Å². The fourth-order valence-corrected chi connectivity index (χ4v) is 3.42. The number of carbonyl (C=O) groups excluding carboxylic acids is 1. The molecule has 7 nitrogen and oxygen atoms in total. The second kappa shape index (κ2) is 5.75. The van der Waals surface area contributed by atoms with Crippen molar-refractivity contribution in [1.82, 2.24) is 14.8 Å². The summed E-state index contributed by atoms with van der Waals surface area (Å²) in [6, 6.07) is 4.08. The molecule has 0 aromatic carbocycles. The molecule has 1 amide bonds. The molecule has 1 aliphatic rings. The van der Waals surface area contributed by atoms with Crippen molar-refractivity contribution in [3.63, 3.8) is 0 Å². The maximum absolute atomic E-state index is 11.9. The maximum atomic E-state index is 11.9. The summed E-state index contributed by atoms with van der Waals surface area (Å²) in [5.74, 6) is 0.418. The lowest BCUT2D eigenvalue weighted by atomic mass is 10.3. The molecule has 1 saturated carbocycles. The third kappa shape index (κ3) is 3.01. The van der Waals surface area contributed by atoms with Gasteiger partial charge in [0.1, 0.15) is 11.1 Å². The van der Waals surface area contributed by atoms with E-state index in [1.54, 1.807) is 11.4 Å². The minimum Gasteiger partial charge on any atom is -0.368 e. The van der Waals surface area contributed by atoms with Crippen LogP contribution in [0.15, 0.2) is 16.6 Å². The summed E-state index contributed by atoms with van der Waals surface area (Å²) in [6.07, 6.45) is 2.14. The van der Waals surface area contributed by atoms with Gasteiger partial charge in [0, 0.05) is 6.04 Å². The SMILES string of the molecule is N#Cc1ccsc1NC(=O)CSc1nnc(N)n1C1CC1. The number of thiophene rings is 1. The van der Waals surface area contributed by atoms with Crippen molar-refractivity contribution in [3.05, 3.63) is 17.0 Å². The second-order valence-corrected chi connectivity index (χ2v) is 6.41. The number of nitrogens with one attached hydrogen (secondary N) is 1. The predicted octanol–water partition coefficient (Wildman–Crippen LogP) is 1.86. The molecule has 0 unspecified atom stereocenters. The van der Waals surface area contributed by atoms with Gasteiger partial charge >= 0.3 is 0 Å². The number of thioether (sulfide) groups is 1. The molecular formula is C12H12N6OS2. The minimum atomic E-state index is -0.178. The molecule has 2 heterocycles. The zero-order valence-electron chi connectivity index (χ0n) is 10.9. The van der Waals surface area contributed by atoms with Crippen LogP contribution in [0.25, 0.3) is 0 Å². The molecule has 0 bridgehead atoms. The first-order valence-electron chi connectivity index (χ1n) is 6.29. The number of nitrogens with zero attached hydrogens (tertiary/aromatic N) is 4. The highest BCUT2D eigenvalue weighted by molar-refractivity contribution is 7.99. The van der Waals surface area contributed by atoms with Gasteiger partial charge in [0.05, 0.1) is 11.3 Å². The third-order valence-corrected chi connectivity index (χ3v) is 4.75. The molecule has 0 atom stereocenters. The van der Waals surface area contributed by atoms with Gasteiger partial charge in [-0.25, -0.2) is 0 Å². The molecule has 1 fully saturated rings. The predicted molar refractivity (Wildman–Crippen MR) is 81.1 cm³/mol. The molecule has 2 aromatic heterocycles. The Kier molecular flexibility index (Phi) is 3.81. The number of anilines is 2. The van der Waals surface area contributed by atoms with Crippen LogP contribution in [0.5, 0.6) is 0 Å². The van der Waals surface area contributed by atoms with Crippen molar-refractivity contribution in [2.45, 2.75) is 24.0 Å². The van der Waals surface area contributed by atoms with Gasteiger partial charge in [-0.05, 0) is 24.3 Å². The van der Waals surface area contributed by atoms with Crippen molar-refractivity contribution in [1.29, 1.82) is 5.26 Å². The average Bonchev–Trinajstić information content (AvgIpc) is 3.09. The lowest BCUT2D eigenvalue weighted by molar-refractivity contribution is -0.113. The van der Waals surface area contributed by atoms with E-state index in [1.807, 2.05) is 10.6 Å². The number of nitrogens with two attached hydrogens (primary N) is 1. The molecule has 0 spiro atoms. The molecule has 0 radical (unpaired) electrons. The van der Waals surface area contributed by atoms with Crippen molar-refractivity contribution in [2.24, 2.45) is 0 Å². The zero-order chi connectivity index (χ0) is 14.8. The van der Waals surface area contributed by atoms with E-state index >= 15 is 0 Å². The van der Waals surface area contributed by atoms with Gasteiger partial charge in [0.15, 0.2) is 5.16 Å². The Balaban J connectivity index is 1.60. The fraction of sp³-hybridized carbons (Fsp3) is 0.333. The Morgan fingerprint density at radius 3 is 3.14 bits per heavy atom. The number of hydrogen-bond acceptors (Lipinski definition) is 7. The number of carbonyl (C=O) groups is 1. The fourth-order valence-electron chi connectivity index (χ4n) is 1.85. The Morgan fingerprint density at radius 1 is 1.62 bits per heavy atom.